The molecule has 0 spiro atoms. The number of ether oxygens (including phenoxy) is 2. The molecule has 144 valence electrons. The first-order valence-corrected chi connectivity index (χ1v) is 9.64. The molecule has 2 aromatic carbocycles. The number of hydrogen-bond donors (Lipinski definition) is 1. The van der Waals surface area contributed by atoms with Gasteiger partial charge in [0.15, 0.2) is 0 Å². The molecule has 6 heteroatoms. The Bertz CT molecular complexity index is 763. The van der Waals surface area contributed by atoms with Gasteiger partial charge in [-0.05, 0) is 36.8 Å². The molecule has 1 atom stereocenters. The third-order valence-electron chi connectivity index (χ3n) is 4.61. The molecule has 1 aliphatic rings. The number of amides is 1. The Morgan fingerprint density at radius 3 is 2.74 bits per heavy atom. The van der Waals surface area contributed by atoms with Gasteiger partial charge in [0.25, 0.3) is 5.91 Å². The van der Waals surface area contributed by atoms with E-state index >= 15 is 0 Å². The van der Waals surface area contributed by atoms with E-state index in [1.165, 1.54) is 0 Å². The number of carbonyl (C=O) groups excluding carboxylic acids is 1. The summed E-state index contributed by atoms with van der Waals surface area (Å²) in [5.41, 5.74) is 1.60. The quantitative estimate of drug-likeness (QED) is 0.788. The maximum atomic E-state index is 12.7. The highest BCUT2D eigenvalue weighted by Crippen LogP contribution is 2.28. The predicted molar refractivity (Wildman–Crippen MR) is 107 cm³/mol. The van der Waals surface area contributed by atoms with Crippen LogP contribution in [-0.4, -0.2) is 50.3 Å². The molecule has 1 N–H and O–H groups in total. The van der Waals surface area contributed by atoms with E-state index in [9.17, 15) is 4.79 Å². The summed E-state index contributed by atoms with van der Waals surface area (Å²) >= 11 is 6.44. The molecular weight excluding hydrogens is 364 g/mol. The van der Waals surface area contributed by atoms with Crippen molar-refractivity contribution >= 4 is 17.5 Å². The Morgan fingerprint density at radius 2 is 2.00 bits per heavy atom. The van der Waals surface area contributed by atoms with Crippen LogP contribution >= 0.6 is 11.6 Å². The van der Waals surface area contributed by atoms with Gasteiger partial charge in [0.05, 0.1) is 25.9 Å². The molecule has 0 radical (unpaired) electrons. The molecule has 3 rings (SSSR count). The minimum Gasteiger partial charge on any atom is -0.494 e. The van der Waals surface area contributed by atoms with Crippen molar-refractivity contribution < 1.29 is 14.3 Å². The van der Waals surface area contributed by atoms with Gasteiger partial charge in [-0.25, -0.2) is 0 Å². The standard InChI is InChI=1S/C21H25ClN2O3/c1-2-27-17-7-5-6-16(14-17)21(25)23-15-20(24-10-12-26-13-11-24)18-8-3-4-9-19(18)22/h3-9,14,20H,2,10-13,15H2,1H3,(H,23,25)/t20-/m1/s1. The molecule has 0 aliphatic carbocycles. The molecule has 1 amide bonds. The van der Waals surface area contributed by atoms with Gasteiger partial charge in [-0.15, -0.1) is 0 Å². The Kier molecular flexibility index (Phi) is 7.10. The topological polar surface area (TPSA) is 50.8 Å². The van der Waals surface area contributed by atoms with Crippen LogP contribution in [0.2, 0.25) is 5.02 Å². The third kappa shape index (κ3) is 5.22. The second-order valence-corrected chi connectivity index (χ2v) is 6.76. The fourth-order valence-corrected chi connectivity index (χ4v) is 3.52. The lowest BCUT2D eigenvalue weighted by Gasteiger charge is -2.35. The van der Waals surface area contributed by atoms with Crippen molar-refractivity contribution in [3.63, 3.8) is 0 Å². The number of nitrogens with zero attached hydrogens (tertiary/aromatic N) is 1. The fraction of sp³-hybridized carbons (Fsp3) is 0.381. The largest absolute Gasteiger partial charge is 0.494 e. The average Bonchev–Trinajstić information content (AvgIpc) is 2.70. The predicted octanol–water partition coefficient (Wildman–Crippen LogP) is 3.54. The number of benzene rings is 2. The maximum absolute atomic E-state index is 12.7. The van der Waals surface area contributed by atoms with Gasteiger partial charge in [-0.3, -0.25) is 9.69 Å². The van der Waals surface area contributed by atoms with Gasteiger partial charge in [-0.2, -0.15) is 0 Å². The SMILES string of the molecule is CCOc1cccc(C(=O)NC[C@H](c2ccccc2Cl)N2CCOCC2)c1. The Morgan fingerprint density at radius 1 is 1.22 bits per heavy atom. The van der Waals surface area contributed by atoms with Crippen LogP contribution in [0.1, 0.15) is 28.9 Å². The highest BCUT2D eigenvalue weighted by molar-refractivity contribution is 6.31. The maximum Gasteiger partial charge on any atom is 0.251 e. The summed E-state index contributed by atoms with van der Waals surface area (Å²) in [4.78, 5) is 15.0. The van der Waals surface area contributed by atoms with Crippen LogP contribution in [0.3, 0.4) is 0 Å². The average molecular weight is 389 g/mol. The smallest absolute Gasteiger partial charge is 0.251 e. The zero-order chi connectivity index (χ0) is 19.1. The molecule has 1 fully saturated rings. The van der Waals surface area contributed by atoms with E-state index in [4.69, 9.17) is 21.1 Å². The van der Waals surface area contributed by atoms with Gasteiger partial charge in [-0.1, -0.05) is 35.9 Å². The van der Waals surface area contributed by atoms with E-state index in [-0.39, 0.29) is 11.9 Å². The third-order valence-corrected chi connectivity index (χ3v) is 4.96. The van der Waals surface area contributed by atoms with Crippen LogP contribution in [0, 0.1) is 0 Å². The lowest BCUT2D eigenvalue weighted by Crippen LogP contribution is -2.44. The van der Waals surface area contributed by atoms with Gasteiger partial charge < -0.3 is 14.8 Å². The molecule has 27 heavy (non-hydrogen) atoms. The van der Waals surface area contributed by atoms with E-state index in [2.05, 4.69) is 10.2 Å². The lowest BCUT2D eigenvalue weighted by atomic mass is 10.0. The first kappa shape index (κ1) is 19.7. The molecule has 0 aromatic heterocycles. The Hall–Kier alpha value is -2.08. The summed E-state index contributed by atoms with van der Waals surface area (Å²) in [7, 11) is 0. The minimum absolute atomic E-state index is 0.00150. The summed E-state index contributed by atoms with van der Waals surface area (Å²) in [6.45, 7) is 5.95. The van der Waals surface area contributed by atoms with Gasteiger partial charge in [0.2, 0.25) is 0 Å². The minimum atomic E-state index is -0.123. The first-order valence-electron chi connectivity index (χ1n) is 9.26. The monoisotopic (exact) mass is 388 g/mol. The van der Waals surface area contributed by atoms with E-state index in [0.29, 0.717) is 42.7 Å². The van der Waals surface area contributed by atoms with Gasteiger partial charge >= 0.3 is 0 Å². The van der Waals surface area contributed by atoms with Gasteiger partial charge in [0.1, 0.15) is 5.75 Å². The number of morpholine rings is 1. The van der Waals surface area contributed by atoms with E-state index in [0.717, 1.165) is 18.7 Å². The summed E-state index contributed by atoms with van der Waals surface area (Å²) in [6, 6.07) is 15.0. The molecule has 2 aromatic rings. The van der Waals surface area contributed by atoms with Crippen LogP contribution in [0.4, 0.5) is 0 Å². The lowest BCUT2D eigenvalue weighted by molar-refractivity contribution is 0.0162. The van der Waals surface area contributed by atoms with E-state index < -0.39 is 0 Å². The summed E-state index contributed by atoms with van der Waals surface area (Å²) in [5.74, 6) is 0.572. The van der Waals surface area contributed by atoms with Crippen molar-refractivity contribution in [2.45, 2.75) is 13.0 Å². The number of rotatable bonds is 7. The molecule has 1 aliphatic heterocycles. The fourth-order valence-electron chi connectivity index (χ4n) is 3.26. The van der Waals surface area contributed by atoms with Gasteiger partial charge in [0, 0.05) is 30.2 Å². The van der Waals surface area contributed by atoms with Crippen molar-refractivity contribution in [3.05, 3.63) is 64.7 Å². The number of carbonyl (C=O) groups is 1. The van der Waals surface area contributed by atoms with Crippen LogP contribution in [0.5, 0.6) is 5.75 Å². The van der Waals surface area contributed by atoms with Crippen LogP contribution in [0.25, 0.3) is 0 Å². The molecule has 0 bridgehead atoms. The normalized spacial score (nSPS) is 15.9. The summed E-state index contributed by atoms with van der Waals surface area (Å²) in [6.07, 6.45) is 0. The number of nitrogens with one attached hydrogen (secondary N) is 1. The van der Waals surface area contributed by atoms with Crippen molar-refractivity contribution in [1.29, 1.82) is 0 Å². The van der Waals surface area contributed by atoms with Crippen LogP contribution in [-0.2, 0) is 4.74 Å². The highest BCUT2D eigenvalue weighted by Gasteiger charge is 2.25. The zero-order valence-electron chi connectivity index (χ0n) is 15.5. The van der Waals surface area contributed by atoms with Crippen molar-refractivity contribution in [2.75, 3.05) is 39.5 Å². The Labute approximate surface area is 165 Å². The zero-order valence-corrected chi connectivity index (χ0v) is 16.2. The molecule has 1 saturated heterocycles. The summed E-state index contributed by atoms with van der Waals surface area (Å²) in [5, 5.41) is 3.77. The molecule has 5 nitrogen and oxygen atoms in total. The van der Waals surface area contributed by atoms with Crippen LogP contribution < -0.4 is 10.1 Å². The molecule has 0 unspecified atom stereocenters. The van der Waals surface area contributed by atoms with Crippen molar-refractivity contribution in [3.8, 4) is 5.75 Å². The molecule has 1 heterocycles. The second-order valence-electron chi connectivity index (χ2n) is 6.36. The highest BCUT2D eigenvalue weighted by atomic mass is 35.5. The van der Waals surface area contributed by atoms with E-state index in [1.54, 1.807) is 12.1 Å². The molecular formula is C21H25ClN2O3. The van der Waals surface area contributed by atoms with E-state index in [1.807, 2.05) is 43.3 Å². The van der Waals surface area contributed by atoms with Crippen LogP contribution in [0.15, 0.2) is 48.5 Å². The number of hydrogen-bond acceptors (Lipinski definition) is 4. The molecule has 0 saturated carbocycles. The first-order chi connectivity index (χ1) is 13.2. The Balaban J connectivity index is 1.73. The number of halogens is 1. The summed E-state index contributed by atoms with van der Waals surface area (Å²) < 4.78 is 11.0. The van der Waals surface area contributed by atoms with Crippen molar-refractivity contribution in [2.24, 2.45) is 0 Å². The second kappa shape index (κ2) is 9.74. The van der Waals surface area contributed by atoms with Crippen molar-refractivity contribution in [1.82, 2.24) is 10.2 Å².